The molecule has 0 radical (unpaired) electrons. The summed E-state index contributed by atoms with van der Waals surface area (Å²) in [5.41, 5.74) is 2.21. The SMILES string of the molecule is N=C1CCCCN1c1ccc(NC(=O)C(NC(=O)Nc2ccc(Cl)s2)c2ccccc2)cc1. The fourth-order valence-corrected chi connectivity index (χ4v) is 4.60. The third kappa shape index (κ3) is 5.91. The zero-order chi connectivity index (χ0) is 23.2. The number of urea groups is 1. The molecule has 1 saturated heterocycles. The number of thiophene rings is 1. The van der Waals surface area contributed by atoms with Crippen molar-refractivity contribution in [2.45, 2.75) is 25.3 Å². The van der Waals surface area contributed by atoms with E-state index in [0.717, 1.165) is 31.5 Å². The van der Waals surface area contributed by atoms with Crippen LogP contribution in [0.5, 0.6) is 0 Å². The van der Waals surface area contributed by atoms with Crippen molar-refractivity contribution in [1.82, 2.24) is 5.32 Å². The van der Waals surface area contributed by atoms with Crippen LogP contribution in [0.2, 0.25) is 4.34 Å². The second-order valence-electron chi connectivity index (χ2n) is 7.64. The van der Waals surface area contributed by atoms with Crippen molar-refractivity contribution >= 4 is 57.1 Å². The van der Waals surface area contributed by atoms with Crippen LogP contribution < -0.4 is 20.9 Å². The highest BCUT2D eigenvalue weighted by atomic mass is 35.5. The van der Waals surface area contributed by atoms with Gasteiger partial charge in [0.15, 0.2) is 0 Å². The molecule has 170 valence electrons. The first kappa shape index (κ1) is 22.8. The minimum atomic E-state index is -0.892. The number of benzene rings is 2. The number of piperidine rings is 1. The summed E-state index contributed by atoms with van der Waals surface area (Å²) in [7, 11) is 0. The van der Waals surface area contributed by atoms with Gasteiger partial charge >= 0.3 is 6.03 Å². The largest absolute Gasteiger partial charge is 0.330 e. The van der Waals surface area contributed by atoms with Crippen molar-refractivity contribution in [2.24, 2.45) is 0 Å². The summed E-state index contributed by atoms with van der Waals surface area (Å²) in [5.74, 6) is 0.253. The highest BCUT2D eigenvalue weighted by Gasteiger charge is 2.23. The van der Waals surface area contributed by atoms with Crippen LogP contribution in [0.1, 0.15) is 30.9 Å². The maximum atomic E-state index is 13.1. The van der Waals surface area contributed by atoms with Crippen LogP contribution in [-0.2, 0) is 4.79 Å². The molecular formula is C24H24ClN5O2S. The highest BCUT2D eigenvalue weighted by molar-refractivity contribution is 7.20. The fraction of sp³-hybridized carbons (Fsp3) is 0.208. The average molecular weight is 482 g/mol. The van der Waals surface area contributed by atoms with Crippen LogP contribution >= 0.6 is 22.9 Å². The number of anilines is 3. The van der Waals surface area contributed by atoms with Gasteiger partial charge in [0.2, 0.25) is 0 Å². The molecule has 1 atom stereocenters. The van der Waals surface area contributed by atoms with Crippen molar-refractivity contribution in [3.8, 4) is 0 Å². The molecule has 1 unspecified atom stereocenters. The molecule has 1 aliphatic rings. The fourth-order valence-electron chi connectivity index (χ4n) is 3.66. The van der Waals surface area contributed by atoms with Gasteiger partial charge in [0.25, 0.3) is 5.91 Å². The molecule has 3 amide bonds. The van der Waals surface area contributed by atoms with Gasteiger partial charge in [-0.25, -0.2) is 4.79 Å². The molecular weight excluding hydrogens is 458 g/mol. The Hall–Kier alpha value is -3.36. The molecule has 0 aliphatic carbocycles. The number of nitrogens with zero attached hydrogens (tertiary/aromatic N) is 1. The van der Waals surface area contributed by atoms with E-state index in [0.29, 0.717) is 26.4 Å². The molecule has 1 aliphatic heterocycles. The quantitative estimate of drug-likeness (QED) is 0.354. The third-order valence-electron chi connectivity index (χ3n) is 5.30. The number of hydrogen-bond acceptors (Lipinski definition) is 4. The lowest BCUT2D eigenvalue weighted by Crippen LogP contribution is -2.39. The van der Waals surface area contributed by atoms with E-state index in [9.17, 15) is 9.59 Å². The summed E-state index contributed by atoms with van der Waals surface area (Å²) >= 11 is 7.16. The molecule has 7 nitrogen and oxygen atoms in total. The van der Waals surface area contributed by atoms with Crippen molar-refractivity contribution in [2.75, 3.05) is 22.1 Å². The molecule has 1 aromatic heterocycles. The minimum Gasteiger partial charge on any atom is -0.330 e. The summed E-state index contributed by atoms with van der Waals surface area (Å²) in [6, 6.07) is 18.5. The topological polar surface area (TPSA) is 97.3 Å². The van der Waals surface area contributed by atoms with Crippen molar-refractivity contribution in [3.05, 3.63) is 76.6 Å². The van der Waals surface area contributed by atoms with E-state index in [4.69, 9.17) is 17.0 Å². The third-order valence-corrected chi connectivity index (χ3v) is 6.44. The number of amides is 3. The molecule has 0 bridgehead atoms. The van der Waals surface area contributed by atoms with Gasteiger partial charge in [-0.2, -0.15) is 0 Å². The van der Waals surface area contributed by atoms with Gasteiger partial charge in [-0.1, -0.05) is 41.9 Å². The lowest BCUT2D eigenvalue weighted by atomic mass is 10.1. The molecule has 0 spiro atoms. The maximum Gasteiger partial charge on any atom is 0.320 e. The normalized spacial score (nSPS) is 14.5. The molecule has 4 N–H and O–H groups in total. The van der Waals surface area contributed by atoms with Gasteiger partial charge < -0.3 is 15.5 Å². The van der Waals surface area contributed by atoms with E-state index in [1.807, 2.05) is 47.4 Å². The zero-order valence-corrected chi connectivity index (χ0v) is 19.4. The molecule has 9 heteroatoms. The first-order chi connectivity index (χ1) is 16.0. The summed E-state index contributed by atoms with van der Waals surface area (Å²) in [5, 5.41) is 17.1. The Kier molecular flexibility index (Phi) is 7.26. The first-order valence-electron chi connectivity index (χ1n) is 10.6. The average Bonchev–Trinajstić information content (AvgIpc) is 3.23. The Bertz CT molecular complexity index is 1130. The standard InChI is InChI=1S/C24H24ClN5O2S/c25-19-13-14-21(33-19)28-24(32)29-22(16-6-2-1-3-7-16)23(31)27-17-9-11-18(12-10-17)30-15-5-4-8-20(30)26/h1-3,6-7,9-14,22,26H,4-5,8,15H2,(H,27,31)(H2,28,29,32). The Labute approximate surface area is 201 Å². The number of hydrogen-bond donors (Lipinski definition) is 4. The van der Waals surface area contributed by atoms with Gasteiger partial charge in [-0.05, 0) is 54.8 Å². The van der Waals surface area contributed by atoms with Crippen molar-refractivity contribution < 1.29 is 9.59 Å². The highest BCUT2D eigenvalue weighted by Crippen LogP contribution is 2.26. The van der Waals surface area contributed by atoms with Crippen LogP contribution in [0.3, 0.4) is 0 Å². The molecule has 1 fully saturated rings. The Morgan fingerprint density at radius 3 is 2.39 bits per heavy atom. The van der Waals surface area contributed by atoms with Gasteiger partial charge in [-0.15, -0.1) is 11.3 Å². The maximum absolute atomic E-state index is 13.1. The van der Waals surface area contributed by atoms with Crippen LogP contribution in [0, 0.1) is 5.41 Å². The van der Waals surface area contributed by atoms with E-state index >= 15 is 0 Å². The first-order valence-corrected chi connectivity index (χ1v) is 11.8. The number of nitrogens with one attached hydrogen (secondary N) is 4. The Morgan fingerprint density at radius 2 is 1.73 bits per heavy atom. The van der Waals surface area contributed by atoms with Gasteiger partial charge in [-0.3, -0.25) is 15.5 Å². The molecule has 4 rings (SSSR count). The summed E-state index contributed by atoms with van der Waals surface area (Å²) in [4.78, 5) is 27.7. The monoisotopic (exact) mass is 481 g/mol. The number of carbonyl (C=O) groups is 2. The molecule has 33 heavy (non-hydrogen) atoms. The predicted octanol–water partition coefficient (Wildman–Crippen LogP) is 5.87. The lowest BCUT2D eigenvalue weighted by molar-refractivity contribution is -0.118. The van der Waals surface area contributed by atoms with Crippen LogP contribution in [0.25, 0.3) is 0 Å². The second kappa shape index (κ2) is 10.5. The summed E-state index contributed by atoms with van der Waals surface area (Å²) in [6.07, 6.45) is 2.89. The summed E-state index contributed by atoms with van der Waals surface area (Å²) < 4.78 is 0.561. The van der Waals surface area contributed by atoms with E-state index in [2.05, 4.69) is 16.0 Å². The number of amidine groups is 1. The van der Waals surface area contributed by atoms with Crippen LogP contribution in [0.4, 0.5) is 21.2 Å². The predicted molar refractivity (Wildman–Crippen MR) is 135 cm³/mol. The van der Waals surface area contributed by atoms with E-state index in [1.54, 1.807) is 24.3 Å². The van der Waals surface area contributed by atoms with Crippen LogP contribution in [-0.4, -0.2) is 24.3 Å². The van der Waals surface area contributed by atoms with Gasteiger partial charge in [0.05, 0.1) is 9.34 Å². The molecule has 2 heterocycles. The lowest BCUT2D eigenvalue weighted by Gasteiger charge is -2.29. The van der Waals surface area contributed by atoms with Crippen molar-refractivity contribution in [3.63, 3.8) is 0 Å². The molecule has 3 aromatic rings. The minimum absolute atomic E-state index is 0.362. The second-order valence-corrected chi connectivity index (χ2v) is 9.35. The number of rotatable bonds is 6. The van der Waals surface area contributed by atoms with Crippen LogP contribution in [0.15, 0.2) is 66.7 Å². The van der Waals surface area contributed by atoms with E-state index < -0.39 is 12.1 Å². The smallest absolute Gasteiger partial charge is 0.320 e. The van der Waals surface area contributed by atoms with Crippen molar-refractivity contribution in [1.29, 1.82) is 5.41 Å². The van der Waals surface area contributed by atoms with Gasteiger partial charge in [0.1, 0.15) is 11.9 Å². The zero-order valence-electron chi connectivity index (χ0n) is 17.8. The number of halogens is 1. The van der Waals surface area contributed by atoms with E-state index in [1.165, 1.54) is 11.3 Å². The Morgan fingerprint density at radius 1 is 0.970 bits per heavy atom. The van der Waals surface area contributed by atoms with E-state index in [-0.39, 0.29) is 5.91 Å². The summed E-state index contributed by atoms with van der Waals surface area (Å²) in [6.45, 7) is 0.828. The molecule has 0 saturated carbocycles. The van der Waals surface area contributed by atoms with Gasteiger partial charge in [0, 0.05) is 24.3 Å². The number of carbonyl (C=O) groups excluding carboxylic acids is 2. The molecule has 2 aromatic carbocycles. The Balaban J connectivity index is 1.46.